The van der Waals surface area contributed by atoms with Crippen LogP contribution in [0.25, 0.3) is 0 Å². The number of cyclic esters (lactones) is 2. The molecule has 0 spiro atoms. The third-order valence-corrected chi connectivity index (χ3v) is 6.34. The van der Waals surface area contributed by atoms with E-state index in [1.165, 1.54) is 0 Å². The Balaban J connectivity index is 0.000000155. The van der Waals surface area contributed by atoms with Gasteiger partial charge >= 0.3 is 11.9 Å². The van der Waals surface area contributed by atoms with Crippen molar-refractivity contribution in [3.63, 3.8) is 0 Å². The molecule has 4 aromatic rings. The molecule has 192 valence electrons. The average Bonchev–Trinajstić information content (AvgIpc) is 2.99. The van der Waals surface area contributed by atoms with Gasteiger partial charge in [0.2, 0.25) is 0 Å². The largest absolute Gasteiger partial charge is 0.453 e. The highest BCUT2D eigenvalue weighted by Gasteiger charge is 2.35. The Morgan fingerprint density at radius 3 is 0.947 bits per heavy atom. The number of esters is 2. The van der Waals surface area contributed by atoms with Crippen molar-refractivity contribution in [2.45, 2.75) is 24.4 Å². The van der Waals surface area contributed by atoms with E-state index in [0.717, 1.165) is 22.3 Å². The standard InChI is InChI=1S/2C16H14O3/c2*17-14-11-18-15(12-7-3-1-4-8-12)16(19-14)13-9-5-2-6-10-13/h2*1-10,15-16H,11H2/t2*15-,16+/m10/s1. The summed E-state index contributed by atoms with van der Waals surface area (Å²) in [6, 6.07) is 39.1. The lowest BCUT2D eigenvalue weighted by Gasteiger charge is -2.31. The Hall–Kier alpha value is -4.26. The minimum atomic E-state index is -0.384. The molecule has 0 N–H and O–H groups in total. The van der Waals surface area contributed by atoms with Gasteiger partial charge in [-0.05, 0) is 22.3 Å². The van der Waals surface area contributed by atoms with Crippen LogP contribution in [-0.4, -0.2) is 25.2 Å². The van der Waals surface area contributed by atoms with E-state index in [0.29, 0.717) is 0 Å². The lowest BCUT2D eigenvalue weighted by molar-refractivity contribution is -0.186. The molecule has 0 unspecified atom stereocenters. The SMILES string of the molecule is O=C1CO[C@@H](c2ccccc2)[C@@H](c2ccccc2)O1.O=C1CO[C@H](c2ccccc2)[C@H](c2ccccc2)O1. The Kier molecular flexibility index (Phi) is 8.23. The number of hydrogen-bond acceptors (Lipinski definition) is 6. The molecule has 2 heterocycles. The Bertz CT molecular complexity index is 1210. The zero-order valence-electron chi connectivity index (χ0n) is 20.7. The van der Waals surface area contributed by atoms with Crippen LogP contribution in [0, 0.1) is 0 Å². The van der Waals surface area contributed by atoms with E-state index in [1.54, 1.807) is 0 Å². The summed E-state index contributed by atoms with van der Waals surface area (Å²) >= 11 is 0. The van der Waals surface area contributed by atoms with E-state index in [9.17, 15) is 9.59 Å². The van der Waals surface area contributed by atoms with Crippen LogP contribution in [0.5, 0.6) is 0 Å². The Morgan fingerprint density at radius 2 is 0.658 bits per heavy atom. The Morgan fingerprint density at radius 1 is 0.395 bits per heavy atom. The smallest absolute Gasteiger partial charge is 0.332 e. The van der Waals surface area contributed by atoms with Crippen molar-refractivity contribution in [2.24, 2.45) is 0 Å². The van der Waals surface area contributed by atoms with Crippen LogP contribution in [0.3, 0.4) is 0 Å². The number of carbonyl (C=O) groups excluding carboxylic acids is 2. The van der Waals surface area contributed by atoms with Crippen LogP contribution in [-0.2, 0) is 28.5 Å². The van der Waals surface area contributed by atoms with Crippen molar-refractivity contribution in [1.82, 2.24) is 0 Å². The molecule has 0 bridgehead atoms. The number of hydrogen-bond donors (Lipinski definition) is 0. The van der Waals surface area contributed by atoms with Crippen molar-refractivity contribution in [2.75, 3.05) is 13.2 Å². The quantitative estimate of drug-likeness (QED) is 0.311. The minimum Gasteiger partial charge on any atom is -0.453 e. The highest BCUT2D eigenvalue weighted by molar-refractivity contribution is 5.72. The van der Waals surface area contributed by atoms with Crippen molar-refractivity contribution in [3.05, 3.63) is 144 Å². The maximum absolute atomic E-state index is 11.5. The molecule has 2 aliphatic rings. The molecule has 38 heavy (non-hydrogen) atoms. The van der Waals surface area contributed by atoms with E-state index in [2.05, 4.69) is 0 Å². The molecule has 2 saturated heterocycles. The second-order valence-corrected chi connectivity index (χ2v) is 8.93. The highest BCUT2D eigenvalue weighted by atomic mass is 16.6. The van der Waals surface area contributed by atoms with Gasteiger partial charge in [-0.15, -0.1) is 0 Å². The number of carbonyl (C=O) groups is 2. The van der Waals surface area contributed by atoms with Gasteiger partial charge in [-0.25, -0.2) is 9.59 Å². The van der Waals surface area contributed by atoms with E-state index in [1.807, 2.05) is 121 Å². The fourth-order valence-corrected chi connectivity index (χ4v) is 4.56. The zero-order valence-corrected chi connectivity index (χ0v) is 20.7. The summed E-state index contributed by atoms with van der Waals surface area (Å²) < 4.78 is 22.3. The molecular weight excluding hydrogens is 480 g/mol. The summed E-state index contributed by atoms with van der Waals surface area (Å²) in [6.45, 7) is 0.00574. The molecular formula is C32H28O6. The Labute approximate surface area is 221 Å². The zero-order chi connectivity index (χ0) is 26.2. The molecule has 6 heteroatoms. The van der Waals surface area contributed by atoms with Crippen LogP contribution >= 0.6 is 0 Å². The van der Waals surface area contributed by atoms with E-state index >= 15 is 0 Å². The summed E-state index contributed by atoms with van der Waals surface area (Å²) in [4.78, 5) is 23.0. The van der Waals surface area contributed by atoms with E-state index in [-0.39, 0.29) is 49.6 Å². The summed E-state index contributed by atoms with van der Waals surface area (Å²) in [5, 5.41) is 0. The summed E-state index contributed by atoms with van der Waals surface area (Å²) in [7, 11) is 0. The molecule has 0 aromatic heterocycles. The van der Waals surface area contributed by atoms with E-state index < -0.39 is 0 Å². The fraction of sp³-hybridized carbons (Fsp3) is 0.188. The maximum Gasteiger partial charge on any atom is 0.332 e. The normalized spacial score (nSPS) is 22.8. The topological polar surface area (TPSA) is 71.1 Å². The molecule has 2 fully saturated rings. The van der Waals surface area contributed by atoms with Gasteiger partial charge in [-0.1, -0.05) is 121 Å². The molecule has 4 atom stereocenters. The van der Waals surface area contributed by atoms with Crippen molar-refractivity contribution >= 4 is 11.9 Å². The minimum absolute atomic E-state index is 0.00287. The van der Waals surface area contributed by atoms with Crippen molar-refractivity contribution in [3.8, 4) is 0 Å². The van der Waals surface area contributed by atoms with Crippen LogP contribution in [0.15, 0.2) is 121 Å². The second kappa shape index (κ2) is 12.3. The van der Waals surface area contributed by atoms with Crippen LogP contribution in [0.1, 0.15) is 46.7 Å². The molecule has 6 nitrogen and oxygen atoms in total. The molecule has 6 rings (SSSR count). The number of benzene rings is 4. The van der Waals surface area contributed by atoms with Gasteiger partial charge in [0, 0.05) is 0 Å². The van der Waals surface area contributed by atoms with Gasteiger partial charge in [0.25, 0.3) is 0 Å². The number of ether oxygens (including phenoxy) is 4. The lowest BCUT2D eigenvalue weighted by Crippen LogP contribution is -2.30. The lowest BCUT2D eigenvalue weighted by atomic mass is 9.97. The van der Waals surface area contributed by atoms with E-state index in [4.69, 9.17) is 18.9 Å². The van der Waals surface area contributed by atoms with Crippen LogP contribution < -0.4 is 0 Å². The summed E-state index contributed by atoms with van der Waals surface area (Å²) in [5.74, 6) is -0.637. The first-order chi connectivity index (χ1) is 18.7. The maximum atomic E-state index is 11.5. The summed E-state index contributed by atoms with van der Waals surface area (Å²) in [6.07, 6.45) is -1.27. The van der Waals surface area contributed by atoms with Gasteiger partial charge in [0.15, 0.2) is 12.2 Å². The van der Waals surface area contributed by atoms with Crippen LogP contribution in [0.4, 0.5) is 0 Å². The van der Waals surface area contributed by atoms with Crippen LogP contribution in [0.2, 0.25) is 0 Å². The number of rotatable bonds is 4. The predicted octanol–water partition coefficient (Wildman–Crippen LogP) is 6.08. The first-order valence-electron chi connectivity index (χ1n) is 12.5. The van der Waals surface area contributed by atoms with Gasteiger partial charge in [0.1, 0.15) is 25.4 Å². The monoisotopic (exact) mass is 508 g/mol. The molecule has 0 saturated carbocycles. The van der Waals surface area contributed by atoms with Crippen molar-refractivity contribution in [1.29, 1.82) is 0 Å². The average molecular weight is 509 g/mol. The third kappa shape index (κ3) is 6.17. The molecule has 0 aliphatic carbocycles. The first kappa shape index (κ1) is 25.4. The fourth-order valence-electron chi connectivity index (χ4n) is 4.56. The third-order valence-electron chi connectivity index (χ3n) is 6.34. The van der Waals surface area contributed by atoms with Gasteiger partial charge in [0.05, 0.1) is 0 Å². The second-order valence-electron chi connectivity index (χ2n) is 8.93. The molecule has 0 radical (unpaired) electrons. The summed E-state index contributed by atoms with van der Waals surface area (Å²) in [5.41, 5.74) is 3.93. The molecule has 2 aliphatic heterocycles. The molecule has 4 aromatic carbocycles. The van der Waals surface area contributed by atoms with Gasteiger partial charge in [-0.3, -0.25) is 0 Å². The first-order valence-corrected chi connectivity index (χ1v) is 12.5. The van der Waals surface area contributed by atoms with Crippen molar-refractivity contribution < 1.29 is 28.5 Å². The van der Waals surface area contributed by atoms with Gasteiger partial charge < -0.3 is 18.9 Å². The highest BCUT2D eigenvalue weighted by Crippen LogP contribution is 2.38. The van der Waals surface area contributed by atoms with Gasteiger partial charge in [-0.2, -0.15) is 0 Å². The predicted molar refractivity (Wildman–Crippen MR) is 141 cm³/mol. The molecule has 0 amide bonds.